The SMILES string of the molecule is CCOC(=O)CCCCCCN(OCc1ccc(CCC(F)(F)C(F)(F)C(F)(F)C(F)(F)C(F)(F)C(F)(F)C(F)(F)C(F)(F)F)cc1)C(C(=O)O)c1ccc(C(C)C)cc1. The molecule has 2 aromatic carbocycles. The lowest BCUT2D eigenvalue weighted by Crippen LogP contribution is -2.74. The number of nitrogens with zero attached hydrogens (tertiary/aromatic N) is 1. The van der Waals surface area contributed by atoms with Gasteiger partial charge in [0.25, 0.3) is 0 Å². The number of carboxylic acids is 1. The predicted octanol–water partition coefficient (Wildman–Crippen LogP) is 11.8. The maximum Gasteiger partial charge on any atom is 0.460 e. The number of hydroxylamine groups is 2. The number of aliphatic carboxylic acids is 1. The standard InChI is InChI=1S/C37H40F17NO5/c1-4-59-27(56)9-7-5-6-8-20-55(28(29(57)58)26-16-14-25(15-17-26)22(2)3)60-21-24-12-10-23(11-13-24)18-19-30(38,39)31(40,41)32(42,43)33(44,45)34(46,47)35(48,49)36(50,51)37(52,53)54/h10-17,22,28H,4-9,18-21H2,1-3H3,(H,57,58). The molecule has 2 rings (SSSR count). The number of ether oxygens (including phenoxy) is 1. The molecule has 0 aliphatic carbocycles. The van der Waals surface area contributed by atoms with Gasteiger partial charge in [0.15, 0.2) is 6.04 Å². The highest BCUT2D eigenvalue weighted by molar-refractivity contribution is 5.75. The molecular formula is C37H40F17NO5. The van der Waals surface area contributed by atoms with Gasteiger partial charge in [-0.05, 0) is 54.4 Å². The Morgan fingerprint density at radius 2 is 1.07 bits per heavy atom. The summed E-state index contributed by atoms with van der Waals surface area (Å²) in [6, 6.07) is 9.12. The number of esters is 1. The lowest BCUT2D eigenvalue weighted by atomic mass is 9.87. The second-order valence-corrected chi connectivity index (χ2v) is 13.9. The van der Waals surface area contributed by atoms with E-state index in [-0.39, 0.29) is 31.1 Å². The van der Waals surface area contributed by atoms with Gasteiger partial charge in [-0.25, -0.2) is 0 Å². The number of carboxylic acid groups (broad SMARTS) is 1. The van der Waals surface area contributed by atoms with Gasteiger partial charge in [0.1, 0.15) is 0 Å². The normalized spacial score (nSPS) is 14.5. The first-order valence-electron chi connectivity index (χ1n) is 17.9. The van der Waals surface area contributed by atoms with Gasteiger partial charge in [-0.1, -0.05) is 75.2 Å². The number of alkyl halides is 17. The molecule has 0 spiro atoms. The van der Waals surface area contributed by atoms with E-state index in [1.807, 2.05) is 13.8 Å². The first-order chi connectivity index (χ1) is 27.2. The minimum absolute atomic E-state index is 0.0156. The lowest BCUT2D eigenvalue weighted by molar-refractivity contribution is -0.461. The summed E-state index contributed by atoms with van der Waals surface area (Å²) in [7, 11) is 0. The Bertz CT molecular complexity index is 1700. The van der Waals surface area contributed by atoms with Crippen molar-refractivity contribution >= 4 is 11.9 Å². The number of carbonyl (C=O) groups excluding carboxylic acids is 1. The van der Waals surface area contributed by atoms with Crippen LogP contribution in [0.25, 0.3) is 0 Å². The molecule has 2 aromatic rings. The summed E-state index contributed by atoms with van der Waals surface area (Å²) in [5.74, 6) is -58.4. The van der Waals surface area contributed by atoms with Crippen LogP contribution in [0.15, 0.2) is 48.5 Å². The first kappa shape index (κ1) is 52.2. The van der Waals surface area contributed by atoms with Gasteiger partial charge < -0.3 is 9.84 Å². The second kappa shape index (κ2) is 19.4. The molecule has 0 saturated carbocycles. The fourth-order valence-corrected chi connectivity index (χ4v) is 5.50. The molecule has 0 fully saturated rings. The Morgan fingerprint density at radius 3 is 1.53 bits per heavy atom. The van der Waals surface area contributed by atoms with Crippen LogP contribution in [-0.4, -0.2) is 82.9 Å². The van der Waals surface area contributed by atoms with Crippen molar-refractivity contribution in [2.45, 2.75) is 132 Å². The van der Waals surface area contributed by atoms with E-state index in [0.29, 0.717) is 31.2 Å². The summed E-state index contributed by atoms with van der Waals surface area (Å²) in [4.78, 5) is 29.9. The van der Waals surface area contributed by atoms with Crippen LogP contribution < -0.4 is 0 Å². The number of unbranched alkanes of at least 4 members (excludes halogenated alkanes) is 3. The smallest absolute Gasteiger partial charge is 0.460 e. The van der Waals surface area contributed by atoms with Crippen LogP contribution in [0.5, 0.6) is 0 Å². The van der Waals surface area contributed by atoms with E-state index in [2.05, 4.69) is 0 Å². The third-order valence-corrected chi connectivity index (χ3v) is 9.19. The van der Waals surface area contributed by atoms with Gasteiger partial charge in [0.05, 0.1) is 13.2 Å². The fourth-order valence-electron chi connectivity index (χ4n) is 5.50. The average molecular weight is 902 g/mol. The van der Waals surface area contributed by atoms with E-state index in [0.717, 1.165) is 34.9 Å². The molecule has 1 unspecified atom stereocenters. The molecule has 0 aliphatic heterocycles. The number of rotatable bonds is 24. The van der Waals surface area contributed by atoms with Crippen LogP contribution in [0, 0.1) is 0 Å². The number of hydrogen-bond acceptors (Lipinski definition) is 5. The summed E-state index contributed by atoms with van der Waals surface area (Å²) in [5, 5.41) is 11.3. The van der Waals surface area contributed by atoms with E-state index in [1.165, 1.54) is 0 Å². The van der Waals surface area contributed by atoms with Crippen molar-refractivity contribution in [3.8, 4) is 0 Å². The Morgan fingerprint density at radius 1 is 0.617 bits per heavy atom. The average Bonchev–Trinajstić information content (AvgIpc) is 3.13. The Labute approximate surface area is 331 Å². The van der Waals surface area contributed by atoms with Gasteiger partial charge in [-0.3, -0.25) is 14.4 Å². The highest BCUT2D eigenvalue weighted by atomic mass is 19.4. The Hall–Kier alpha value is -3.89. The molecule has 342 valence electrons. The summed E-state index contributed by atoms with van der Waals surface area (Å²) in [6.45, 7) is 5.25. The molecule has 0 aromatic heterocycles. The zero-order valence-electron chi connectivity index (χ0n) is 31.8. The van der Waals surface area contributed by atoms with Gasteiger partial charge in [-0.2, -0.15) is 79.7 Å². The molecule has 1 N–H and O–H groups in total. The Balaban J connectivity index is 2.26. The molecule has 0 saturated heterocycles. The predicted molar refractivity (Wildman–Crippen MR) is 178 cm³/mol. The molecule has 1 atom stereocenters. The van der Waals surface area contributed by atoms with Crippen LogP contribution in [0.1, 0.15) is 93.5 Å². The molecule has 60 heavy (non-hydrogen) atoms. The number of halogens is 17. The van der Waals surface area contributed by atoms with Crippen molar-refractivity contribution in [3.63, 3.8) is 0 Å². The summed E-state index contributed by atoms with van der Waals surface area (Å²) >= 11 is 0. The molecule has 0 bridgehead atoms. The summed E-state index contributed by atoms with van der Waals surface area (Å²) in [5.41, 5.74) is 0.907. The lowest BCUT2D eigenvalue weighted by Gasteiger charge is -2.42. The first-order valence-corrected chi connectivity index (χ1v) is 17.9. The van der Waals surface area contributed by atoms with E-state index in [4.69, 9.17) is 9.57 Å². The Kier molecular flexibility index (Phi) is 16.9. The maximum atomic E-state index is 14.5. The van der Waals surface area contributed by atoms with Crippen molar-refractivity contribution < 1.29 is 98.9 Å². The summed E-state index contributed by atoms with van der Waals surface area (Å²) in [6.07, 6.45) is -9.80. The highest BCUT2D eigenvalue weighted by Gasteiger charge is 2.95. The van der Waals surface area contributed by atoms with Crippen molar-refractivity contribution in [2.75, 3.05) is 13.2 Å². The number of aryl methyl sites for hydroxylation is 1. The minimum Gasteiger partial charge on any atom is -0.480 e. The number of benzene rings is 2. The van der Waals surface area contributed by atoms with E-state index in [9.17, 15) is 89.3 Å². The zero-order chi connectivity index (χ0) is 46.3. The minimum atomic E-state index is -8.69. The van der Waals surface area contributed by atoms with Crippen molar-refractivity contribution in [3.05, 3.63) is 70.8 Å². The van der Waals surface area contributed by atoms with Crippen molar-refractivity contribution in [2.24, 2.45) is 0 Å². The van der Waals surface area contributed by atoms with Gasteiger partial charge >= 0.3 is 59.6 Å². The molecule has 0 heterocycles. The van der Waals surface area contributed by atoms with E-state index in [1.54, 1.807) is 31.2 Å². The van der Waals surface area contributed by atoms with Crippen LogP contribution in [-0.2, 0) is 32.2 Å². The molecule has 0 amide bonds. The third-order valence-electron chi connectivity index (χ3n) is 9.19. The van der Waals surface area contributed by atoms with Gasteiger partial charge in [0.2, 0.25) is 0 Å². The number of hydrogen-bond donors (Lipinski definition) is 1. The maximum absolute atomic E-state index is 14.5. The van der Waals surface area contributed by atoms with Crippen LogP contribution >= 0.6 is 0 Å². The zero-order valence-corrected chi connectivity index (χ0v) is 31.8. The van der Waals surface area contributed by atoms with Crippen molar-refractivity contribution in [1.82, 2.24) is 5.06 Å². The quantitative estimate of drug-likeness (QED) is 0.0490. The van der Waals surface area contributed by atoms with E-state index >= 15 is 0 Å². The molecule has 6 nitrogen and oxygen atoms in total. The van der Waals surface area contributed by atoms with Crippen molar-refractivity contribution in [1.29, 1.82) is 0 Å². The van der Waals surface area contributed by atoms with Gasteiger partial charge in [0, 0.05) is 19.4 Å². The van der Waals surface area contributed by atoms with Gasteiger partial charge in [-0.15, -0.1) is 0 Å². The van der Waals surface area contributed by atoms with E-state index < -0.39 is 90.6 Å². The fraction of sp³-hybridized carbons (Fsp3) is 0.622. The largest absolute Gasteiger partial charge is 0.480 e. The highest BCUT2D eigenvalue weighted by Crippen LogP contribution is 2.64. The van der Waals surface area contributed by atoms with Crippen LogP contribution in [0.2, 0.25) is 0 Å². The summed E-state index contributed by atoms with van der Waals surface area (Å²) < 4.78 is 236. The molecular weight excluding hydrogens is 861 g/mol. The second-order valence-electron chi connectivity index (χ2n) is 13.9. The van der Waals surface area contributed by atoms with Crippen LogP contribution in [0.3, 0.4) is 0 Å². The van der Waals surface area contributed by atoms with Crippen LogP contribution in [0.4, 0.5) is 74.6 Å². The molecule has 0 radical (unpaired) electrons. The monoisotopic (exact) mass is 901 g/mol. The number of carbonyl (C=O) groups is 2. The molecule has 0 aliphatic rings. The third kappa shape index (κ3) is 10.9. The topological polar surface area (TPSA) is 76.1 Å². The molecule has 23 heteroatoms.